The third kappa shape index (κ3) is 4.08. The van der Waals surface area contributed by atoms with Gasteiger partial charge in [0.05, 0.1) is 5.69 Å². The molecule has 6 heteroatoms. The van der Waals surface area contributed by atoms with Crippen LogP contribution in [-0.2, 0) is 0 Å². The maximum atomic E-state index is 12.3. The summed E-state index contributed by atoms with van der Waals surface area (Å²) in [6.07, 6.45) is 0. The molecule has 0 spiro atoms. The summed E-state index contributed by atoms with van der Waals surface area (Å²) in [4.78, 5) is 0.574. The number of thioether (sulfide) groups is 1. The molecule has 1 N–H and O–H groups in total. The zero-order valence-corrected chi connectivity index (χ0v) is 13.9. The Morgan fingerprint density at radius 3 is 2.23 bits per heavy atom. The molecular weight excluding hydrogens is 306 g/mol. The normalized spacial score (nSPS) is 14.3. The van der Waals surface area contributed by atoms with Crippen LogP contribution in [0, 0.1) is 13.8 Å². The molecule has 0 aliphatic carbocycles. The minimum atomic E-state index is -2.39. The van der Waals surface area contributed by atoms with E-state index in [4.69, 9.17) is 4.52 Å². The molecule has 2 atom stereocenters. The van der Waals surface area contributed by atoms with Gasteiger partial charge in [-0.2, -0.15) is 8.78 Å². The molecular formula is C16H20F2N2OS. The molecule has 1 heterocycles. The molecule has 22 heavy (non-hydrogen) atoms. The first kappa shape index (κ1) is 17.0. The summed E-state index contributed by atoms with van der Waals surface area (Å²) in [6.45, 7) is 7.92. The largest absolute Gasteiger partial charge is 0.361 e. The highest BCUT2D eigenvalue weighted by Gasteiger charge is 2.18. The molecule has 1 aromatic heterocycles. The van der Waals surface area contributed by atoms with Gasteiger partial charge in [0.1, 0.15) is 5.76 Å². The summed E-state index contributed by atoms with van der Waals surface area (Å²) in [5.74, 6) is -1.57. The summed E-state index contributed by atoms with van der Waals surface area (Å²) < 4.78 is 29.8. The van der Waals surface area contributed by atoms with E-state index in [2.05, 4.69) is 17.4 Å². The number of benzene rings is 1. The highest BCUT2D eigenvalue weighted by Crippen LogP contribution is 2.28. The number of halogens is 2. The van der Waals surface area contributed by atoms with Gasteiger partial charge >= 0.3 is 0 Å². The third-order valence-electron chi connectivity index (χ3n) is 3.63. The van der Waals surface area contributed by atoms with Crippen LogP contribution in [0.3, 0.4) is 0 Å². The molecule has 0 radical (unpaired) electrons. The Balaban J connectivity index is 2.04. The van der Waals surface area contributed by atoms with Gasteiger partial charge in [0, 0.05) is 22.5 Å². The Hall–Kier alpha value is -1.40. The Morgan fingerprint density at radius 2 is 1.73 bits per heavy atom. The van der Waals surface area contributed by atoms with Crippen LogP contribution in [0.1, 0.15) is 48.5 Å². The first-order chi connectivity index (χ1) is 10.4. The molecule has 0 saturated carbocycles. The Morgan fingerprint density at radius 1 is 1.09 bits per heavy atom. The molecule has 0 amide bonds. The van der Waals surface area contributed by atoms with Crippen molar-refractivity contribution < 1.29 is 13.3 Å². The molecule has 0 fully saturated rings. The van der Waals surface area contributed by atoms with E-state index in [-0.39, 0.29) is 12.1 Å². The molecule has 0 bridgehead atoms. The van der Waals surface area contributed by atoms with E-state index in [1.807, 2.05) is 32.9 Å². The summed E-state index contributed by atoms with van der Waals surface area (Å²) in [6, 6.07) is 7.39. The van der Waals surface area contributed by atoms with E-state index in [1.165, 1.54) is 0 Å². The smallest absolute Gasteiger partial charge is 0.288 e. The second-order valence-electron chi connectivity index (χ2n) is 5.30. The zero-order chi connectivity index (χ0) is 16.3. The fraction of sp³-hybridized carbons (Fsp3) is 0.438. The fourth-order valence-corrected chi connectivity index (χ4v) is 3.10. The van der Waals surface area contributed by atoms with Gasteiger partial charge < -0.3 is 9.84 Å². The van der Waals surface area contributed by atoms with Gasteiger partial charge in [-0.15, -0.1) is 0 Å². The summed E-state index contributed by atoms with van der Waals surface area (Å²) >= 11 is 0.560. The number of hydrogen-bond acceptors (Lipinski definition) is 4. The molecule has 2 rings (SSSR count). The van der Waals surface area contributed by atoms with E-state index in [0.717, 1.165) is 22.6 Å². The van der Waals surface area contributed by atoms with Crippen molar-refractivity contribution in [2.24, 2.45) is 0 Å². The standard InChI is InChI=1S/C16H20F2N2OS/c1-9(13-5-7-14(8-6-13)22-16(17)18)19-10(2)15-11(3)20-21-12(15)4/h5-10,16,19H,1-4H3/t9-,10-/m0/s1. The summed E-state index contributed by atoms with van der Waals surface area (Å²) in [5, 5.41) is 7.45. The molecule has 0 saturated heterocycles. The lowest BCUT2D eigenvalue weighted by atomic mass is 10.0. The molecule has 3 nitrogen and oxygen atoms in total. The lowest BCUT2D eigenvalue weighted by Gasteiger charge is -2.20. The second-order valence-corrected chi connectivity index (χ2v) is 6.36. The van der Waals surface area contributed by atoms with E-state index in [1.54, 1.807) is 12.1 Å². The number of nitrogens with one attached hydrogen (secondary N) is 1. The van der Waals surface area contributed by atoms with E-state index in [0.29, 0.717) is 16.7 Å². The first-order valence-corrected chi connectivity index (χ1v) is 8.00. The summed E-state index contributed by atoms with van der Waals surface area (Å²) in [7, 11) is 0. The minimum absolute atomic E-state index is 0.0919. The zero-order valence-electron chi connectivity index (χ0n) is 13.1. The van der Waals surface area contributed by atoms with Crippen molar-refractivity contribution in [2.45, 2.75) is 50.4 Å². The maximum absolute atomic E-state index is 12.3. The van der Waals surface area contributed by atoms with Crippen LogP contribution in [0.25, 0.3) is 0 Å². The second kappa shape index (κ2) is 7.24. The van der Waals surface area contributed by atoms with Crippen molar-refractivity contribution in [3.05, 3.63) is 46.8 Å². The topological polar surface area (TPSA) is 38.1 Å². The third-order valence-corrected chi connectivity index (χ3v) is 4.35. The highest BCUT2D eigenvalue weighted by atomic mass is 32.2. The SMILES string of the molecule is Cc1noc(C)c1[C@H](C)N[C@@H](C)c1ccc(SC(F)F)cc1. The fourth-order valence-electron chi connectivity index (χ4n) is 2.60. The van der Waals surface area contributed by atoms with Crippen molar-refractivity contribution >= 4 is 11.8 Å². The number of nitrogens with zero attached hydrogens (tertiary/aromatic N) is 1. The lowest BCUT2D eigenvalue weighted by Crippen LogP contribution is -2.23. The van der Waals surface area contributed by atoms with Crippen LogP contribution in [0.5, 0.6) is 0 Å². The summed E-state index contributed by atoms with van der Waals surface area (Å²) in [5.41, 5.74) is 3.00. The average Bonchev–Trinajstić information content (AvgIpc) is 2.78. The van der Waals surface area contributed by atoms with Gasteiger partial charge in [-0.05, 0) is 45.4 Å². The average molecular weight is 326 g/mol. The maximum Gasteiger partial charge on any atom is 0.288 e. The Kier molecular flexibility index (Phi) is 5.58. The molecule has 120 valence electrons. The quantitative estimate of drug-likeness (QED) is 0.757. The van der Waals surface area contributed by atoms with Gasteiger partial charge in [-0.1, -0.05) is 29.1 Å². The van der Waals surface area contributed by atoms with Gasteiger partial charge in [-0.25, -0.2) is 0 Å². The van der Waals surface area contributed by atoms with Crippen LogP contribution >= 0.6 is 11.8 Å². The van der Waals surface area contributed by atoms with Gasteiger partial charge in [0.25, 0.3) is 5.76 Å². The van der Waals surface area contributed by atoms with Gasteiger partial charge in [-0.3, -0.25) is 0 Å². The van der Waals surface area contributed by atoms with Crippen molar-refractivity contribution in [1.29, 1.82) is 0 Å². The lowest BCUT2D eigenvalue weighted by molar-refractivity contribution is 0.252. The Labute approximate surface area is 133 Å². The number of aryl methyl sites for hydroxylation is 2. The van der Waals surface area contributed by atoms with Crippen LogP contribution in [0.2, 0.25) is 0 Å². The number of alkyl halides is 2. The van der Waals surface area contributed by atoms with Crippen molar-refractivity contribution in [1.82, 2.24) is 10.5 Å². The molecule has 2 aromatic rings. The number of aromatic nitrogens is 1. The monoisotopic (exact) mass is 326 g/mol. The van der Waals surface area contributed by atoms with E-state index in [9.17, 15) is 8.78 Å². The van der Waals surface area contributed by atoms with E-state index < -0.39 is 5.76 Å². The van der Waals surface area contributed by atoms with E-state index >= 15 is 0 Å². The minimum Gasteiger partial charge on any atom is -0.361 e. The molecule has 0 unspecified atom stereocenters. The van der Waals surface area contributed by atoms with Crippen LogP contribution in [-0.4, -0.2) is 10.9 Å². The van der Waals surface area contributed by atoms with Crippen molar-refractivity contribution in [3.63, 3.8) is 0 Å². The van der Waals surface area contributed by atoms with Gasteiger partial charge in [0.15, 0.2) is 0 Å². The van der Waals surface area contributed by atoms with Crippen LogP contribution in [0.15, 0.2) is 33.7 Å². The van der Waals surface area contributed by atoms with Crippen molar-refractivity contribution in [3.8, 4) is 0 Å². The van der Waals surface area contributed by atoms with Crippen molar-refractivity contribution in [2.75, 3.05) is 0 Å². The van der Waals surface area contributed by atoms with Gasteiger partial charge in [0.2, 0.25) is 0 Å². The highest BCUT2D eigenvalue weighted by molar-refractivity contribution is 7.99. The molecule has 0 aliphatic rings. The predicted octanol–water partition coefficient (Wildman–Crippen LogP) is 5.02. The molecule has 1 aromatic carbocycles. The van der Waals surface area contributed by atoms with Crippen LogP contribution < -0.4 is 5.32 Å². The number of hydrogen-bond donors (Lipinski definition) is 1. The predicted molar refractivity (Wildman–Crippen MR) is 84.2 cm³/mol. The van der Waals surface area contributed by atoms with Crippen LogP contribution in [0.4, 0.5) is 8.78 Å². The molecule has 0 aliphatic heterocycles. The first-order valence-electron chi connectivity index (χ1n) is 7.12. The number of rotatable bonds is 6. The Bertz CT molecular complexity index is 594.